The largest absolute Gasteiger partial charge is 0.533 e. The van der Waals surface area contributed by atoms with E-state index in [1.165, 1.54) is 0 Å². The van der Waals surface area contributed by atoms with Crippen molar-refractivity contribution in [3.63, 3.8) is 0 Å². The smallest absolute Gasteiger partial charge is 0.506 e. The monoisotopic (exact) mass is 344 g/mol. The fourth-order valence-corrected chi connectivity index (χ4v) is 2.61. The fourth-order valence-electron chi connectivity index (χ4n) is 2.61. The van der Waals surface area contributed by atoms with E-state index in [1.54, 1.807) is 24.4 Å². The number of nitrogens with zero attached hydrogens (tertiary/aromatic N) is 2. The molecule has 2 heterocycles. The molecule has 3 rings (SSSR count). The second-order valence-electron chi connectivity index (χ2n) is 5.52. The normalized spacial score (nSPS) is 14.2. The lowest BCUT2D eigenvalue weighted by atomic mass is 10.0. The molecule has 1 aromatic heterocycles. The van der Waals surface area contributed by atoms with Gasteiger partial charge in [-0.05, 0) is 30.5 Å². The Kier molecular flexibility index (Phi) is 4.78. The summed E-state index contributed by atoms with van der Waals surface area (Å²) in [4.78, 5) is 42.9. The maximum Gasteiger partial charge on any atom is 0.533 e. The molecule has 8 nitrogen and oxygen atoms in total. The number of carbonyl (C=O) groups excluding carboxylic acids is 3. The Morgan fingerprint density at radius 3 is 2.72 bits per heavy atom. The maximum atomic E-state index is 11.5. The predicted molar refractivity (Wildman–Crippen MR) is 85.2 cm³/mol. The van der Waals surface area contributed by atoms with E-state index in [9.17, 15) is 19.5 Å². The highest BCUT2D eigenvalue weighted by molar-refractivity contribution is 6.01. The number of hydroxylamine groups is 2. The zero-order valence-electron chi connectivity index (χ0n) is 13.3. The molecule has 0 bridgehead atoms. The Balaban J connectivity index is 1.50. The number of aryl methyl sites for hydroxylation is 1. The highest BCUT2D eigenvalue weighted by atomic mass is 16.8. The molecule has 0 saturated carbocycles. The lowest BCUT2D eigenvalue weighted by Gasteiger charge is -2.12. The minimum atomic E-state index is -1.08. The van der Waals surface area contributed by atoms with Gasteiger partial charge in [-0.25, -0.2) is 4.79 Å². The van der Waals surface area contributed by atoms with Gasteiger partial charge in [-0.3, -0.25) is 19.4 Å². The SMILES string of the molecule is O=C(OCCCc1ccc(O)c2ncccc12)ON1C(=O)CCC1=O. The van der Waals surface area contributed by atoms with E-state index in [0.717, 1.165) is 10.9 Å². The average molecular weight is 344 g/mol. The number of rotatable bonds is 5. The summed E-state index contributed by atoms with van der Waals surface area (Å²) in [5.74, 6) is -0.992. The number of carbonyl (C=O) groups is 3. The van der Waals surface area contributed by atoms with Crippen molar-refractivity contribution in [1.82, 2.24) is 10.0 Å². The predicted octanol–water partition coefficient (Wildman–Crippen LogP) is 2.09. The van der Waals surface area contributed by atoms with Gasteiger partial charge in [0.15, 0.2) is 0 Å². The molecule has 25 heavy (non-hydrogen) atoms. The Bertz CT molecular complexity index is 819. The van der Waals surface area contributed by atoms with Gasteiger partial charge < -0.3 is 9.84 Å². The topological polar surface area (TPSA) is 106 Å². The standard InChI is InChI=1S/C17H16N2O6/c20-13-6-5-11(12-4-1-9-18-16(12)13)3-2-10-24-17(23)25-19-14(21)7-8-15(19)22/h1,4-6,9,20H,2-3,7-8,10H2. The quantitative estimate of drug-likeness (QED) is 0.503. The van der Waals surface area contributed by atoms with Crippen molar-refractivity contribution in [2.75, 3.05) is 6.61 Å². The highest BCUT2D eigenvalue weighted by Crippen LogP contribution is 2.26. The minimum absolute atomic E-state index is 0.0358. The van der Waals surface area contributed by atoms with Gasteiger partial charge in [0.25, 0.3) is 11.8 Å². The molecule has 0 spiro atoms. The molecule has 1 N–H and O–H groups in total. The number of fused-ring (bicyclic) bond motifs is 1. The van der Waals surface area contributed by atoms with E-state index in [2.05, 4.69) is 9.82 Å². The second-order valence-corrected chi connectivity index (χ2v) is 5.52. The number of phenols is 1. The van der Waals surface area contributed by atoms with Gasteiger partial charge in [-0.1, -0.05) is 17.2 Å². The number of benzene rings is 1. The first-order chi connectivity index (χ1) is 12.1. The van der Waals surface area contributed by atoms with Gasteiger partial charge in [0.1, 0.15) is 11.3 Å². The number of imide groups is 1. The molecule has 2 amide bonds. The molecule has 1 aromatic carbocycles. The number of hydrogen-bond donors (Lipinski definition) is 1. The van der Waals surface area contributed by atoms with E-state index >= 15 is 0 Å². The number of phenolic OH excluding ortho intramolecular Hbond substituents is 1. The van der Waals surface area contributed by atoms with Crippen molar-refractivity contribution in [2.24, 2.45) is 0 Å². The van der Waals surface area contributed by atoms with Crippen molar-refractivity contribution < 1.29 is 29.1 Å². The summed E-state index contributed by atoms with van der Waals surface area (Å²) >= 11 is 0. The van der Waals surface area contributed by atoms with Crippen molar-refractivity contribution in [2.45, 2.75) is 25.7 Å². The first-order valence-corrected chi connectivity index (χ1v) is 7.82. The zero-order chi connectivity index (χ0) is 17.8. The van der Waals surface area contributed by atoms with E-state index in [0.29, 0.717) is 23.4 Å². The first kappa shape index (κ1) is 16.7. The van der Waals surface area contributed by atoms with Crippen LogP contribution in [-0.4, -0.2) is 39.7 Å². The lowest BCUT2D eigenvalue weighted by Crippen LogP contribution is -2.32. The second kappa shape index (κ2) is 7.16. The van der Waals surface area contributed by atoms with Crippen LogP contribution >= 0.6 is 0 Å². The van der Waals surface area contributed by atoms with Crippen molar-refractivity contribution >= 4 is 28.9 Å². The van der Waals surface area contributed by atoms with E-state index < -0.39 is 18.0 Å². The van der Waals surface area contributed by atoms with Crippen LogP contribution in [0.3, 0.4) is 0 Å². The summed E-state index contributed by atoms with van der Waals surface area (Å²) in [5.41, 5.74) is 1.48. The molecule has 1 fully saturated rings. The molecule has 0 radical (unpaired) electrons. The van der Waals surface area contributed by atoms with Crippen LogP contribution in [0.4, 0.5) is 4.79 Å². The van der Waals surface area contributed by atoms with Gasteiger partial charge in [-0.15, -0.1) is 0 Å². The van der Waals surface area contributed by atoms with Crippen LogP contribution in [0.2, 0.25) is 0 Å². The molecule has 1 aliphatic heterocycles. The zero-order valence-corrected chi connectivity index (χ0v) is 13.3. The van der Waals surface area contributed by atoms with Gasteiger partial charge in [0, 0.05) is 24.4 Å². The van der Waals surface area contributed by atoms with Crippen LogP contribution in [0, 0.1) is 0 Å². The molecular formula is C17H16N2O6. The summed E-state index contributed by atoms with van der Waals surface area (Å²) in [6, 6.07) is 7.00. The third-order valence-corrected chi connectivity index (χ3v) is 3.82. The van der Waals surface area contributed by atoms with Crippen LogP contribution in [-0.2, 0) is 25.6 Å². The van der Waals surface area contributed by atoms with Gasteiger partial charge in [-0.2, -0.15) is 0 Å². The summed E-state index contributed by atoms with van der Waals surface area (Å²) in [6.45, 7) is 0.0671. The molecule has 1 saturated heterocycles. The number of aromatic nitrogens is 1. The Labute approximate surface area is 142 Å². The molecule has 0 atom stereocenters. The number of amides is 2. The van der Waals surface area contributed by atoms with Crippen LogP contribution in [0.15, 0.2) is 30.5 Å². The highest BCUT2D eigenvalue weighted by Gasteiger charge is 2.33. The number of ether oxygens (including phenoxy) is 1. The van der Waals surface area contributed by atoms with Crippen molar-refractivity contribution in [1.29, 1.82) is 0 Å². The van der Waals surface area contributed by atoms with Crippen molar-refractivity contribution in [3.05, 3.63) is 36.0 Å². The van der Waals surface area contributed by atoms with E-state index in [1.807, 2.05) is 6.07 Å². The van der Waals surface area contributed by atoms with Crippen LogP contribution < -0.4 is 0 Å². The molecule has 0 aliphatic carbocycles. The lowest BCUT2D eigenvalue weighted by molar-refractivity contribution is -0.177. The van der Waals surface area contributed by atoms with Crippen molar-refractivity contribution in [3.8, 4) is 5.75 Å². The fraction of sp³-hybridized carbons (Fsp3) is 0.294. The summed E-state index contributed by atoms with van der Waals surface area (Å²) in [7, 11) is 0. The third-order valence-electron chi connectivity index (χ3n) is 3.82. The Hall–Kier alpha value is -3.16. The van der Waals surface area contributed by atoms with Crippen LogP contribution in [0.5, 0.6) is 5.75 Å². The Morgan fingerprint density at radius 2 is 1.96 bits per heavy atom. The number of aromatic hydroxyl groups is 1. The van der Waals surface area contributed by atoms with Gasteiger partial charge in [0.05, 0.1) is 6.61 Å². The molecule has 2 aromatic rings. The molecule has 0 unspecified atom stereocenters. The number of pyridine rings is 1. The molecular weight excluding hydrogens is 328 g/mol. The summed E-state index contributed by atoms with van der Waals surface area (Å²) < 4.78 is 4.89. The van der Waals surface area contributed by atoms with E-state index in [-0.39, 0.29) is 25.2 Å². The van der Waals surface area contributed by atoms with Crippen LogP contribution in [0.25, 0.3) is 10.9 Å². The third kappa shape index (κ3) is 3.68. The molecule has 1 aliphatic rings. The summed E-state index contributed by atoms with van der Waals surface area (Å²) in [5, 5.41) is 11.1. The molecule has 130 valence electrons. The number of hydrogen-bond acceptors (Lipinski definition) is 7. The average Bonchev–Trinajstić information content (AvgIpc) is 2.92. The van der Waals surface area contributed by atoms with Gasteiger partial charge >= 0.3 is 6.16 Å². The van der Waals surface area contributed by atoms with Gasteiger partial charge in [0.2, 0.25) is 0 Å². The molecule has 8 heteroatoms. The summed E-state index contributed by atoms with van der Waals surface area (Å²) in [6.07, 6.45) is 1.69. The minimum Gasteiger partial charge on any atom is -0.506 e. The van der Waals surface area contributed by atoms with Crippen LogP contribution in [0.1, 0.15) is 24.8 Å². The van der Waals surface area contributed by atoms with E-state index in [4.69, 9.17) is 4.74 Å². The first-order valence-electron chi connectivity index (χ1n) is 7.82. The maximum absolute atomic E-state index is 11.5. The Morgan fingerprint density at radius 1 is 1.20 bits per heavy atom.